The highest BCUT2D eigenvalue weighted by Gasteiger charge is 2.10. The zero-order chi connectivity index (χ0) is 16.4. The largest absolute Gasteiger partial charge is 0.595 e. The van der Waals surface area contributed by atoms with Crippen molar-refractivity contribution in [3.63, 3.8) is 0 Å². The van der Waals surface area contributed by atoms with Gasteiger partial charge in [-0.1, -0.05) is 23.7 Å². The van der Waals surface area contributed by atoms with E-state index in [1.54, 1.807) is 18.2 Å². The molecule has 0 aliphatic heterocycles. The molecule has 5 nitrogen and oxygen atoms in total. The molecule has 2 N–H and O–H groups in total. The molecule has 0 aliphatic rings. The van der Waals surface area contributed by atoms with Crippen LogP contribution in [0.4, 0.5) is 5.69 Å². The van der Waals surface area contributed by atoms with Gasteiger partial charge in [0.2, 0.25) is 0 Å². The molecule has 0 bridgehead atoms. The molecule has 0 fully saturated rings. The maximum Gasteiger partial charge on any atom is 0.343 e. The van der Waals surface area contributed by atoms with Crippen molar-refractivity contribution in [3.8, 4) is 5.75 Å². The number of nitrogens with one attached hydrogen (secondary N) is 1. The van der Waals surface area contributed by atoms with Gasteiger partial charge in [0.25, 0.3) is 0 Å². The Morgan fingerprint density at radius 2 is 1.65 bits per heavy atom. The average Bonchev–Trinajstić information content (AvgIpc) is 2.55. The minimum atomic E-state index is -1.04. The van der Waals surface area contributed by atoms with Gasteiger partial charge in [-0.25, -0.2) is 10.0 Å². The number of benzene rings is 3. The molecular weight excluding hydrogens is 318 g/mol. The van der Waals surface area contributed by atoms with E-state index in [-0.39, 0.29) is 11.3 Å². The Labute approximate surface area is 136 Å². The Morgan fingerprint density at radius 1 is 1.00 bits per heavy atom. The maximum absolute atomic E-state index is 12.1. The molecule has 0 saturated heterocycles. The summed E-state index contributed by atoms with van der Waals surface area (Å²) in [6, 6.07) is 16.3. The van der Waals surface area contributed by atoms with Crippen LogP contribution in [0.25, 0.3) is 10.8 Å². The van der Waals surface area contributed by atoms with Gasteiger partial charge >= 0.3 is 5.97 Å². The minimum Gasteiger partial charge on any atom is -0.595 e. The topological polar surface area (TPSA) is 74.0 Å². The molecule has 1 atom stereocenters. The van der Waals surface area contributed by atoms with Gasteiger partial charge in [0.1, 0.15) is 5.75 Å². The Morgan fingerprint density at radius 3 is 2.35 bits per heavy atom. The maximum atomic E-state index is 12.1. The number of quaternary nitrogens is 1. The van der Waals surface area contributed by atoms with Crippen LogP contribution in [0.5, 0.6) is 5.75 Å². The lowest BCUT2D eigenvalue weighted by atomic mass is 10.1. The first-order chi connectivity index (χ1) is 11.0. The Kier molecular flexibility index (Phi) is 4.27. The monoisotopic (exact) mass is 329 g/mol. The van der Waals surface area contributed by atoms with Crippen LogP contribution in [0, 0.1) is 5.21 Å². The molecular formula is C17H12ClNO4. The van der Waals surface area contributed by atoms with Gasteiger partial charge in [0.05, 0.1) is 5.56 Å². The molecule has 23 heavy (non-hydrogen) atoms. The number of ether oxygens (including phenoxy) is 1. The first-order valence-electron chi connectivity index (χ1n) is 6.78. The molecule has 0 radical (unpaired) electrons. The predicted octanol–water partition coefficient (Wildman–Crippen LogP) is 3.12. The number of rotatable bonds is 3. The van der Waals surface area contributed by atoms with Gasteiger partial charge < -0.3 is 9.94 Å². The van der Waals surface area contributed by atoms with Crippen LogP contribution in [-0.2, 0) is 0 Å². The number of carbonyl (C=O) groups excluding carboxylic acids is 1. The molecule has 3 aromatic carbocycles. The van der Waals surface area contributed by atoms with Gasteiger partial charge in [0.15, 0.2) is 5.69 Å². The Hall–Kier alpha value is -2.44. The molecule has 0 aromatic heterocycles. The van der Waals surface area contributed by atoms with Crippen molar-refractivity contribution < 1.29 is 20.0 Å². The molecule has 0 aliphatic carbocycles. The van der Waals surface area contributed by atoms with E-state index in [4.69, 9.17) is 21.5 Å². The third kappa shape index (κ3) is 3.49. The van der Waals surface area contributed by atoms with Crippen molar-refractivity contribution >= 4 is 34.0 Å². The highest BCUT2D eigenvalue weighted by Crippen LogP contribution is 2.24. The molecule has 3 aromatic rings. The summed E-state index contributed by atoms with van der Waals surface area (Å²) in [4.78, 5) is 12.1. The quantitative estimate of drug-likeness (QED) is 0.440. The lowest BCUT2D eigenvalue weighted by Crippen LogP contribution is -2.99. The summed E-state index contributed by atoms with van der Waals surface area (Å²) in [7, 11) is 0. The average molecular weight is 330 g/mol. The number of halogens is 1. The normalized spacial score (nSPS) is 12.1. The number of carbonyl (C=O) groups is 1. The minimum absolute atomic E-state index is 0.115. The van der Waals surface area contributed by atoms with E-state index in [0.29, 0.717) is 10.8 Å². The van der Waals surface area contributed by atoms with Gasteiger partial charge in [-0.05, 0) is 47.2 Å². The second-order valence-corrected chi connectivity index (χ2v) is 5.36. The molecule has 6 heteroatoms. The van der Waals surface area contributed by atoms with Gasteiger partial charge in [-0.2, -0.15) is 5.23 Å². The third-order valence-electron chi connectivity index (χ3n) is 3.35. The van der Waals surface area contributed by atoms with Gasteiger partial charge in [0, 0.05) is 17.2 Å². The van der Waals surface area contributed by atoms with Crippen LogP contribution in [0.3, 0.4) is 0 Å². The predicted molar refractivity (Wildman–Crippen MR) is 86.1 cm³/mol. The van der Waals surface area contributed by atoms with Crippen LogP contribution in [0.1, 0.15) is 10.4 Å². The lowest BCUT2D eigenvalue weighted by Gasteiger charge is -2.11. The molecule has 3 rings (SSSR count). The molecule has 116 valence electrons. The molecule has 0 heterocycles. The molecule has 0 spiro atoms. The number of hydrogen-bond donors (Lipinski definition) is 2. The zero-order valence-electron chi connectivity index (χ0n) is 11.8. The fraction of sp³-hybridized carbons (Fsp3) is 0. The van der Waals surface area contributed by atoms with Gasteiger partial charge in [-0.15, -0.1) is 0 Å². The van der Waals surface area contributed by atoms with Crippen LogP contribution in [0.15, 0.2) is 60.7 Å². The number of hydrogen-bond acceptors (Lipinski definition) is 4. The van der Waals surface area contributed by atoms with E-state index in [9.17, 15) is 10.0 Å². The smallest absolute Gasteiger partial charge is 0.343 e. The highest BCUT2D eigenvalue weighted by atomic mass is 35.5. The highest BCUT2D eigenvalue weighted by molar-refractivity contribution is 6.31. The van der Waals surface area contributed by atoms with E-state index >= 15 is 0 Å². The standard InChI is InChI=1S/C17H12ClNO4/c18-14-5-1-13-10-16(8-4-12(13)9-14)23-17(20)11-2-6-15(7-3-11)19(21)22/h1-10,19,21H. The summed E-state index contributed by atoms with van der Waals surface area (Å²) in [6.07, 6.45) is 0. The summed E-state index contributed by atoms with van der Waals surface area (Å²) in [5.74, 6) is -0.137. The number of fused-ring (bicyclic) bond motifs is 1. The third-order valence-corrected chi connectivity index (χ3v) is 3.59. The van der Waals surface area contributed by atoms with Crippen molar-refractivity contribution in [3.05, 3.63) is 76.5 Å². The summed E-state index contributed by atoms with van der Waals surface area (Å²) >= 11 is 5.93. The van der Waals surface area contributed by atoms with Crippen molar-refractivity contribution in [2.75, 3.05) is 0 Å². The van der Waals surface area contributed by atoms with Crippen LogP contribution in [0.2, 0.25) is 5.02 Å². The summed E-state index contributed by atoms with van der Waals surface area (Å²) in [5, 5.41) is 21.1. The van der Waals surface area contributed by atoms with E-state index in [0.717, 1.165) is 10.8 Å². The first-order valence-corrected chi connectivity index (χ1v) is 7.15. The van der Waals surface area contributed by atoms with Crippen molar-refractivity contribution in [2.45, 2.75) is 0 Å². The van der Waals surface area contributed by atoms with E-state index < -0.39 is 11.2 Å². The summed E-state index contributed by atoms with van der Waals surface area (Å²) in [5.41, 5.74) is 0.398. The second kappa shape index (κ2) is 6.36. The van der Waals surface area contributed by atoms with Gasteiger partial charge in [-0.3, -0.25) is 0 Å². The number of esters is 1. The van der Waals surface area contributed by atoms with Crippen LogP contribution < -0.4 is 9.96 Å². The van der Waals surface area contributed by atoms with E-state index in [2.05, 4.69) is 0 Å². The Balaban J connectivity index is 1.80. The van der Waals surface area contributed by atoms with Crippen LogP contribution in [-0.4, -0.2) is 11.2 Å². The first kappa shape index (κ1) is 15.5. The fourth-order valence-electron chi connectivity index (χ4n) is 2.17. The van der Waals surface area contributed by atoms with E-state index in [1.165, 1.54) is 24.3 Å². The summed E-state index contributed by atoms with van der Waals surface area (Å²) in [6.45, 7) is 0. The van der Waals surface area contributed by atoms with Crippen molar-refractivity contribution in [2.24, 2.45) is 0 Å². The SMILES string of the molecule is O=C(Oc1ccc2cc(Cl)ccc2c1)c1ccc([NH+]([O-])O)cc1. The zero-order valence-corrected chi connectivity index (χ0v) is 12.6. The Bertz CT molecular complexity index is 862. The second-order valence-electron chi connectivity index (χ2n) is 4.93. The van der Waals surface area contributed by atoms with Crippen molar-refractivity contribution in [1.82, 2.24) is 0 Å². The van der Waals surface area contributed by atoms with Crippen LogP contribution >= 0.6 is 11.6 Å². The molecule has 0 saturated carbocycles. The summed E-state index contributed by atoms with van der Waals surface area (Å²) < 4.78 is 5.32. The van der Waals surface area contributed by atoms with Crippen molar-refractivity contribution in [1.29, 1.82) is 0 Å². The lowest BCUT2D eigenvalue weighted by molar-refractivity contribution is -0.991. The molecule has 0 amide bonds. The fourth-order valence-corrected chi connectivity index (χ4v) is 2.35. The molecule has 1 unspecified atom stereocenters. The van der Waals surface area contributed by atoms with E-state index in [1.807, 2.05) is 18.2 Å².